The first kappa shape index (κ1) is 19.1. The molecule has 0 heterocycles. The van der Waals surface area contributed by atoms with Crippen molar-refractivity contribution in [3.63, 3.8) is 0 Å². The highest BCUT2D eigenvalue weighted by atomic mass is 32.2. The maximum absolute atomic E-state index is 12.1. The van der Waals surface area contributed by atoms with Crippen LogP contribution in [0.15, 0.2) is 29.2 Å². The van der Waals surface area contributed by atoms with Gasteiger partial charge in [0.25, 0.3) is 0 Å². The van der Waals surface area contributed by atoms with Crippen LogP contribution in [0.4, 0.5) is 0 Å². The van der Waals surface area contributed by atoms with Crippen molar-refractivity contribution in [2.75, 3.05) is 20.1 Å². The Morgan fingerprint density at radius 2 is 1.83 bits per heavy atom. The quantitative estimate of drug-likeness (QED) is 0.692. The van der Waals surface area contributed by atoms with Crippen LogP contribution in [-0.4, -0.2) is 50.4 Å². The molecule has 0 saturated heterocycles. The summed E-state index contributed by atoms with van der Waals surface area (Å²) in [5, 5.41) is 8.82. The minimum atomic E-state index is -3.47. The number of sulfonamides is 1. The molecule has 1 rings (SSSR count). The lowest BCUT2D eigenvalue weighted by Crippen LogP contribution is -2.36. The summed E-state index contributed by atoms with van der Waals surface area (Å²) in [6.07, 6.45) is 1.31. The van der Waals surface area contributed by atoms with E-state index in [1.54, 1.807) is 12.1 Å². The third kappa shape index (κ3) is 5.99. The lowest BCUT2D eigenvalue weighted by Gasteiger charge is -2.19. The van der Waals surface area contributed by atoms with Gasteiger partial charge < -0.3 is 10.0 Å². The number of carboxylic acid groups (broad SMARTS) is 1. The first-order chi connectivity index (χ1) is 10.8. The molecule has 0 aliphatic carbocycles. The van der Waals surface area contributed by atoms with Gasteiger partial charge in [-0.15, -0.1) is 0 Å². The molecule has 0 fully saturated rings. The average Bonchev–Trinajstić information content (AvgIpc) is 2.52. The normalized spacial score (nSPS) is 11.2. The number of nitrogens with zero attached hydrogens (tertiary/aromatic N) is 1. The largest absolute Gasteiger partial charge is 0.480 e. The van der Waals surface area contributed by atoms with Gasteiger partial charge in [-0.25, -0.2) is 13.1 Å². The van der Waals surface area contributed by atoms with Crippen molar-refractivity contribution >= 4 is 21.9 Å². The maximum Gasteiger partial charge on any atom is 0.323 e. The molecule has 8 heteroatoms. The molecule has 1 amide bonds. The van der Waals surface area contributed by atoms with E-state index in [1.807, 2.05) is 6.92 Å². The number of carboxylic acids is 1. The average molecular weight is 342 g/mol. The molecule has 0 aromatic heterocycles. The molecule has 0 saturated carbocycles. The summed E-state index contributed by atoms with van der Waals surface area (Å²) in [6, 6.07) is 6.26. The standard InChI is InChI=1S/C15H22N2O5S/c1-3-10-17(11-15(19)20)14(18)9-6-12-4-7-13(8-5-12)23(21,22)16-2/h4-5,7-8,16H,3,6,9-11H2,1-2H3,(H,19,20). The molecule has 1 aromatic rings. The van der Waals surface area contributed by atoms with Crippen LogP contribution in [0.1, 0.15) is 25.3 Å². The van der Waals surface area contributed by atoms with Crippen molar-refractivity contribution < 1.29 is 23.1 Å². The van der Waals surface area contributed by atoms with Crippen LogP contribution in [0.5, 0.6) is 0 Å². The Kier molecular flexibility index (Phi) is 7.18. The molecular formula is C15H22N2O5S. The van der Waals surface area contributed by atoms with Crippen molar-refractivity contribution in [2.45, 2.75) is 31.1 Å². The van der Waals surface area contributed by atoms with Crippen LogP contribution in [0, 0.1) is 0 Å². The molecule has 0 atom stereocenters. The molecule has 0 bridgehead atoms. The second kappa shape index (κ2) is 8.64. The Morgan fingerprint density at radius 1 is 1.22 bits per heavy atom. The van der Waals surface area contributed by atoms with E-state index < -0.39 is 16.0 Å². The van der Waals surface area contributed by atoms with Crippen molar-refractivity contribution in [1.82, 2.24) is 9.62 Å². The smallest absolute Gasteiger partial charge is 0.323 e. The number of nitrogens with one attached hydrogen (secondary N) is 1. The van der Waals surface area contributed by atoms with E-state index in [0.717, 1.165) is 5.56 Å². The zero-order valence-corrected chi connectivity index (χ0v) is 14.1. The Balaban J connectivity index is 2.66. The van der Waals surface area contributed by atoms with Gasteiger partial charge in [0.05, 0.1) is 4.90 Å². The first-order valence-electron chi connectivity index (χ1n) is 7.32. The number of rotatable bonds is 9. The minimum Gasteiger partial charge on any atom is -0.480 e. The van der Waals surface area contributed by atoms with Gasteiger partial charge in [0.2, 0.25) is 15.9 Å². The fourth-order valence-corrected chi connectivity index (χ4v) is 2.82. The van der Waals surface area contributed by atoms with Crippen molar-refractivity contribution in [3.05, 3.63) is 29.8 Å². The second-order valence-corrected chi connectivity index (χ2v) is 6.95. The first-order valence-corrected chi connectivity index (χ1v) is 8.80. The molecule has 0 unspecified atom stereocenters. The zero-order chi connectivity index (χ0) is 17.5. The van der Waals surface area contributed by atoms with Gasteiger partial charge in [0, 0.05) is 13.0 Å². The fourth-order valence-electron chi connectivity index (χ4n) is 2.09. The highest BCUT2D eigenvalue weighted by molar-refractivity contribution is 7.89. The SMILES string of the molecule is CCCN(CC(=O)O)C(=O)CCc1ccc(S(=O)(=O)NC)cc1. The number of carbonyl (C=O) groups is 2. The van der Waals surface area contributed by atoms with Gasteiger partial charge in [-0.05, 0) is 37.6 Å². The van der Waals surface area contributed by atoms with Gasteiger partial charge in [0.15, 0.2) is 0 Å². The summed E-state index contributed by atoms with van der Waals surface area (Å²) in [4.78, 5) is 24.3. The van der Waals surface area contributed by atoms with Crippen molar-refractivity contribution in [2.24, 2.45) is 0 Å². The highest BCUT2D eigenvalue weighted by Crippen LogP contribution is 2.12. The third-order valence-electron chi connectivity index (χ3n) is 3.30. The lowest BCUT2D eigenvalue weighted by atomic mass is 10.1. The molecule has 23 heavy (non-hydrogen) atoms. The molecule has 2 N–H and O–H groups in total. The number of amides is 1. The van der Waals surface area contributed by atoms with Crippen molar-refractivity contribution in [3.8, 4) is 0 Å². The van der Waals surface area contributed by atoms with E-state index in [-0.39, 0.29) is 23.8 Å². The van der Waals surface area contributed by atoms with Gasteiger partial charge in [0.1, 0.15) is 6.54 Å². The van der Waals surface area contributed by atoms with Crippen molar-refractivity contribution in [1.29, 1.82) is 0 Å². The summed E-state index contributed by atoms with van der Waals surface area (Å²) in [7, 11) is -2.13. The maximum atomic E-state index is 12.1. The van der Waals surface area contributed by atoms with Crippen LogP contribution in [0.2, 0.25) is 0 Å². The van der Waals surface area contributed by atoms with Gasteiger partial charge >= 0.3 is 5.97 Å². The topological polar surface area (TPSA) is 104 Å². The molecular weight excluding hydrogens is 320 g/mol. The molecule has 7 nitrogen and oxygen atoms in total. The van der Waals surface area contributed by atoms with Crippen LogP contribution in [0.3, 0.4) is 0 Å². The molecule has 128 valence electrons. The minimum absolute atomic E-state index is 0.161. The molecule has 0 aliphatic heterocycles. The lowest BCUT2D eigenvalue weighted by molar-refractivity contribution is -0.144. The Bertz CT molecular complexity index is 640. The number of carbonyl (C=O) groups excluding carboxylic acids is 1. The van der Waals surface area contributed by atoms with Gasteiger partial charge in [-0.3, -0.25) is 9.59 Å². The van der Waals surface area contributed by atoms with Gasteiger partial charge in [-0.2, -0.15) is 0 Å². The number of benzene rings is 1. The van der Waals surface area contributed by atoms with E-state index in [1.165, 1.54) is 24.1 Å². The summed E-state index contributed by atoms with van der Waals surface area (Å²) in [6.45, 7) is 1.99. The van der Waals surface area contributed by atoms with Crippen LogP contribution >= 0.6 is 0 Å². The number of aryl methyl sites for hydroxylation is 1. The molecule has 0 spiro atoms. The molecule has 1 aromatic carbocycles. The summed E-state index contributed by atoms with van der Waals surface area (Å²) >= 11 is 0. The summed E-state index contributed by atoms with van der Waals surface area (Å²) in [5.41, 5.74) is 0.820. The number of hydrogen-bond donors (Lipinski definition) is 2. The number of aliphatic carboxylic acids is 1. The van der Waals surface area contributed by atoms with Crippen LogP contribution < -0.4 is 4.72 Å². The summed E-state index contributed by atoms with van der Waals surface area (Å²) < 4.78 is 25.5. The highest BCUT2D eigenvalue weighted by Gasteiger charge is 2.16. The number of hydrogen-bond acceptors (Lipinski definition) is 4. The Hall–Kier alpha value is -1.93. The predicted molar refractivity (Wildman–Crippen MR) is 85.5 cm³/mol. The van der Waals surface area contributed by atoms with Crippen LogP contribution in [-0.2, 0) is 26.0 Å². The van der Waals surface area contributed by atoms with Gasteiger partial charge in [-0.1, -0.05) is 19.1 Å². The van der Waals surface area contributed by atoms with E-state index in [4.69, 9.17) is 5.11 Å². The van der Waals surface area contributed by atoms with E-state index >= 15 is 0 Å². The second-order valence-electron chi connectivity index (χ2n) is 5.06. The summed E-state index contributed by atoms with van der Waals surface area (Å²) in [5.74, 6) is -1.26. The molecule has 0 aliphatic rings. The fraction of sp³-hybridized carbons (Fsp3) is 0.467. The van der Waals surface area contributed by atoms with E-state index in [0.29, 0.717) is 19.4 Å². The van der Waals surface area contributed by atoms with E-state index in [9.17, 15) is 18.0 Å². The Labute approximate surface area is 136 Å². The van der Waals surface area contributed by atoms with E-state index in [2.05, 4.69) is 4.72 Å². The zero-order valence-electron chi connectivity index (χ0n) is 13.3. The third-order valence-corrected chi connectivity index (χ3v) is 4.73. The Morgan fingerprint density at radius 3 is 2.30 bits per heavy atom. The monoisotopic (exact) mass is 342 g/mol. The van der Waals surface area contributed by atoms with Crippen LogP contribution in [0.25, 0.3) is 0 Å². The molecule has 0 radical (unpaired) electrons. The predicted octanol–water partition coefficient (Wildman–Crippen LogP) is 0.851.